The number of ketones is 1. The summed E-state index contributed by atoms with van der Waals surface area (Å²) in [6.45, 7) is 4.29. The number of hydrogen-bond donors (Lipinski definition) is 4. The Kier molecular flexibility index (Phi) is 5.39. The molecule has 4 fully saturated rings. The average Bonchev–Trinajstić information content (AvgIpc) is 2.92. The molecule has 0 amide bonds. The molecule has 4 aliphatic carbocycles. The van der Waals surface area contributed by atoms with E-state index < -0.39 is 5.60 Å². The van der Waals surface area contributed by atoms with Gasteiger partial charge >= 0.3 is 0 Å². The van der Waals surface area contributed by atoms with Gasteiger partial charge in [-0.05, 0) is 62.6 Å². The third-order valence-electron chi connectivity index (χ3n) is 10.6. The van der Waals surface area contributed by atoms with E-state index in [-0.39, 0.29) is 36.2 Å². The lowest BCUT2D eigenvalue weighted by molar-refractivity contribution is -0.125. The fourth-order valence-electron chi connectivity index (χ4n) is 8.52. The number of carbonyl (C=O) groups excluding carboxylic acids is 1. The van der Waals surface area contributed by atoms with E-state index in [0.29, 0.717) is 11.1 Å². The van der Waals surface area contributed by atoms with E-state index in [9.17, 15) is 9.90 Å². The molecule has 4 saturated carbocycles. The lowest BCUT2D eigenvalue weighted by Gasteiger charge is -2.76. The molecule has 0 aliphatic heterocycles. The van der Waals surface area contributed by atoms with Crippen molar-refractivity contribution in [3.8, 4) is 0 Å². The first-order valence-electron chi connectivity index (χ1n) is 11.1. The number of halogens is 1. The van der Waals surface area contributed by atoms with Gasteiger partial charge in [-0.15, -0.1) is 0 Å². The Labute approximate surface area is 203 Å². The molecule has 0 bridgehead atoms. The molecule has 162 valence electrons. The average molecular weight is 517 g/mol. The van der Waals surface area contributed by atoms with Gasteiger partial charge in [0.1, 0.15) is 21.5 Å². The second-order valence-electron chi connectivity index (χ2n) is 11.8. The van der Waals surface area contributed by atoms with Gasteiger partial charge in [0.2, 0.25) is 0 Å². The standard InChI is InChI=1S/C21H35B2BrO2S3/c1-15(26)5-8-18(23)17(22,12-15)7-10-21(29)19(27)4-3-13(14(25)11-24)16(19,2)6-9-20(18,21)28/h13,26-29H,3-12,22-23H2,1-2H3/t13?,15-,16?,17?,18?,19+,20+,21?/m1/s1. The molecular weight excluding hydrogens is 482 g/mol. The molecule has 4 aliphatic rings. The highest BCUT2D eigenvalue weighted by Crippen LogP contribution is 2.82. The van der Waals surface area contributed by atoms with Crippen molar-refractivity contribution >= 4 is 75.3 Å². The van der Waals surface area contributed by atoms with Crippen LogP contribution < -0.4 is 0 Å². The fraction of sp³-hybridized carbons (Fsp3) is 0.952. The second-order valence-corrected chi connectivity index (χ2v) is 14.6. The summed E-state index contributed by atoms with van der Waals surface area (Å²) in [5.74, 6) is 0.363. The summed E-state index contributed by atoms with van der Waals surface area (Å²) in [6, 6.07) is 0. The van der Waals surface area contributed by atoms with E-state index in [1.807, 2.05) is 6.92 Å². The van der Waals surface area contributed by atoms with Crippen LogP contribution in [0.25, 0.3) is 0 Å². The molecule has 0 spiro atoms. The van der Waals surface area contributed by atoms with E-state index in [0.717, 1.165) is 57.8 Å². The number of rotatable bonds is 2. The number of aliphatic hydroxyl groups is 1. The molecule has 29 heavy (non-hydrogen) atoms. The minimum absolute atomic E-state index is 0.0278. The molecule has 2 nitrogen and oxygen atoms in total. The highest BCUT2D eigenvalue weighted by Gasteiger charge is 2.78. The van der Waals surface area contributed by atoms with Crippen LogP contribution in [0.3, 0.4) is 0 Å². The number of carbonyl (C=O) groups is 1. The van der Waals surface area contributed by atoms with Crippen LogP contribution in [0.5, 0.6) is 0 Å². The van der Waals surface area contributed by atoms with Crippen molar-refractivity contribution in [3.05, 3.63) is 0 Å². The minimum Gasteiger partial charge on any atom is -0.390 e. The number of hydrogen-bond acceptors (Lipinski definition) is 5. The van der Waals surface area contributed by atoms with Crippen LogP contribution in [0.1, 0.15) is 71.6 Å². The number of fused-ring (bicyclic) bond motifs is 5. The van der Waals surface area contributed by atoms with Crippen molar-refractivity contribution in [2.45, 2.75) is 102 Å². The Bertz CT molecular complexity index is 755. The number of alkyl halides is 1. The van der Waals surface area contributed by atoms with Crippen molar-refractivity contribution in [2.24, 2.45) is 11.3 Å². The first kappa shape index (κ1) is 23.4. The quantitative estimate of drug-likeness (QED) is 0.258. The van der Waals surface area contributed by atoms with E-state index >= 15 is 0 Å². The first-order valence-corrected chi connectivity index (χ1v) is 13.6. The lowest BCUT2D eigenvalue weighted by Crippen LogP contribution is -2.75. The summed E-state index contributed by atoms with van der Waals surface area (Å²) in [6.07, 6.45) is 8.32. The summed E-state index contributed by atoms with van der Waals surface area (Å²) in [5, 5.41) is 11.3. The SMILES string of the molecule is BC12CCC3(S)[C@]4(S)CCC(C(=O)CBr)C4(C)CC[C@]3(S)C1(B)CC[C@@](C)(O)C2. The highest BCUT2D eigenvalue weighted by molar-refractivity contribution is 9.09. The van der Waals surface area contributed by atoms with E-state index in [4.69, 9.17) is 37.9 Å². The molecule has 8 heteroatoms. The van der Waals surface area contributed by atoms with Gasteiger partial charge in [-0.2, -0.15) is 37.9 Å². The molecule has 0 aromatic rings. The fourth-order valence-corrected chi connectivity index (χ4v) is 11.3. The van der Waals surface area contributed by atoms with Crippen LogP contribution >= 0.6 is 53.8 Å². The molecule has 0 aromatic carbocycles. The zero-order valence-corrected chi connectivity index (χ0v) is 22.5. The second kappa shape index (κ2) is 6.67. The van der Waals surface area contributed by atoms with Crippen molar-refractivity contribution in [2.75, 3.05) is 5.33 Å². The Balaban J connectivity index is 1.82. The first-order chi connectivity index (χ1) is 13.2. The molecule has 0 saturated heterocycles. The molecule has 1 N–H and O–H groups in total. The Morgan fingerprint density at radius 1 is 0.966 bits per heavy atom. The van der Waals surface area contributed by atoms with Crippen LogP contribution in [0, 0.1) is 11.3 Å². The maximum absolute atomic E-state index is 12.8. The van der Waals surface area contributed by atoms with Crippen LogP contribution in [0.2, 0.25) is 10.6 Å². The van der Waals surface area contributed by atoms with E-state index in [2.05, 4.69) is 38.5 Å². The summed E-state index contributed by atoms with van der Waals surface area (Å²) in [5.41, 5.74) is -0.753. The molecule has 0 aromatic heterocycles. The zero-order chi connectivity index (χ0) is 21.7. The molecule has 0 heterocycles. The predicted molar refractivity (Wildman–Crippen MR) is 140 cm³/mol. The Hall–Kier alpha value is 1.29. The van der Waals surface area contributed by atoms with Crippen LogP contribution in [0.15, 0.2) is 0 Å². The number of thiol groups is 3. The normalized spacial score (nSPS) is 59.5. The van der Waals surface area contributed by atoms with Gasteiger partial charge in [-0.3, -0.25) is 4.79 Å². The maximum Gasteiger partial charge on any atom is 0.147 e. The molecule has 0 radical (unpaired) electrons. The van der Waals surface area contributed by atoms with Crippen molar-refractivity contribution in [1.82, 2.24) is 0 Å². The summed E-state index contributed by atoms with van der Waals surface area (Å²) < 4.78 is -0.950. The third-order valence-corrected chi connectivity index (χ3v) is 14.7. The molecule has 8 atom stereocenters. The van der Waals surface area contributed by atoms with Crippen LogP contribution in [-0.2, 0) is 4.79 Å². The molecule has 5 unspecified atom stereocenters. The van der Waals surface area contributed by atoms with Crippen LogP contribution in [0.4, 0.5) is 0 Å². The van der Waals surface area contributed by atoms with Gasteiger partial charge < -0.3 is 5.11 Å². The monoisotopic (exact) mass is 516 g/mol. The third kappa shape index (κ3) is 2.62. The van der Waals surface area contributed by atoms with Gasteiger partial charge in [0.15, 0.2) is 0 Å². The summed E-state index contributed by atoms with van der Waals surface area (Å²) in [7, 11) is 4.78. The topological polar surface area (TPSA) is 37.3 Å². The van der Waals surface area contributed by atoms with Crippen molar-refractivity contribution in [1.29, 1.82) is 0 Å². The van der Waals surface area contributed by atoms with Gasteiger partial charge in [-0.1, -0.05) is 41.0 Å². The lowest BCUT2D eigenvalue weighted by atomic mass is 9.27. The summed E-state index contributed by atoms with van der Waals surface area (Å²) >= 11 is 20.0. The van der Waals surface area contributed by atoms with Gasteiger partial charge in [0.05, 0.1) is 10.9 Å². The maximum atomic E-state index is 12.8. The van der Waals surface area contributed by atoms with E-state index in [1.165, 1.54) is 0 Å². The smallest absolute Gasteiger partial charge is 0.147 e. The zero-order valence-electron chi connectivity index (χ0n) is 18.2. The minimum atomic E-state index is -0.600. The number of Topliss-reactive ketones (excluding diaryl/α,β-unsaturated/α-hetero) is 1. The summed E-state index contributed by atoms with van der Waals surface area (Å²) in [4.78, 5) is 12.8. The van der Waals surface area contributed by atoms with Crippen LogP contribution in [-0.4, -0.2) is 51.8 Å². The molecular formula is C21H35B2BrO2S3. The van der Waals surface area contributed by atoms with Gasteiger partial charge in [-0.25, -0.2) is 0 Å². The van der Waals surface area contributed by atoms with Crippen molar-refractivity contribution < 1.29 is 9.90 Å². The Morgan fingerprint density at radius 3 is 2.21 bits per heavy atom. The largest absolute Gasteiger partial charge is 0.390 e. The van der Waals surface area contributed by atoms with E-state index in [1.54, 1.807) is 0 Å². The van der Waals surface area contributed by atoms with Gasteiger partial charge in [0, 0.05) is 20.2 Å². The Morgan fingerprint density at radius 2 is 1.59 bits per heavy atom. The highest BCUT2D eigenvalue weighted by atomic mass is 79.9. The predicted octanol–water partition coefficient (Wildman–Crippen LogP) is 3.48. The molecule has 4 rings (SSSR count). The van der Waals surface area contributed by atoms with Gasteiger partial charge in [0.25, 0.3) is 0 Å². The van der Waals surface area contributed by atoms with Crippen molar-refractivity contribution in [3.63, 3.8) is 0 Å².